The fourth-order valence-corrected chi connectivity index (χ4v) is 1.93. The Hall–Kier alpha value is -2.16. The Kier molecular flexibility index (Phi) is 3.42. The van der Waals surface area contributed by atoms with Crippen LogP contribution in [0, 0.1) is 6.92 Å². The first-order valence-electron chi connectivity index (χ1n) is 5.85. The summed E-state index contributed by atoms with van der Waals surface area (Å²) in [5, 5.41) is 0. The Morgan fingerprint density at radius 1 is 1.11 bits per heavy atom. The Labute approximate surface area is 108 Å². The lowest BCUT2D eigenvalue weighted by atomic mass is 10.1. The third-order valence-electron chi connectivity index (χ3n) is 2.95. The predicted molar refractivity (Wildman–Crippen MR) is 76.6 cm³/mol. The van der Waals surface area contributed by atoms with E-state index in [2.05, 4.69) is 17.9 Å². The highest BCUT2D eigenvalue weighted by atomic mass is 16.5. The second kappa shape index (κ2) is 5.00. The van der Waals surface area contributed by atoms with Crippen molar-refractivity contribution >= 4 is 17.1 Å². The van der Waals surface area contributed by atoms with Gasteiger partial charge in [-0.25, -0.2) is 0 Å². The highest BCUT2D eigenvalue weighted by Gasteiger charge is 2.10. The maximum absolute atomic E-state index is 5.82. The average molecular weight is 242 g/mol. The summed E-state index contributed by atoms with van der Waals surface area (Å²) in [5.41, 5.74) is 9.84. The number of nitrogen functional groups attached to an aromatic ring is 1. The van der Waals surface area contributed by atoms with Gasteiger partial charge in [0, 0.05) is 18.4 Å². The fraction of sp³-hybridized carbons (Fsp3) is 0.200. The Bertz CT molecular complexity index is 552. The van der Waals surface area contributed by atoms with Crippen LogP contribution >= 0.6 is 0 Å². The number of anilines is 3. The summed E-state index contributed by atoms with van der Waals surface area (Å²) in [7, 11) is 3.69. The van der Waals surface area contributed by atoms with Crippen molar-refractivity contribution in [2.45, 2.75) is 6.92 Å². The van der Waals surface area contributed by atoms with E-state index in [1.807, 2.05) is 43.4 Å². The van der Waals surface area contributed by atoms with Gasteiger partial charge >= 0.3 is 0 Å². The second-order valence-corrected chi connectivity index (χ2v) is 4.33. The summed E-state index contributed by atoms with van der Waals surface area (Å²) in [6.07, 6.45) is 0. The molecule has 0 amide bonds. The minimum absolute atomic E-state index is 0.756. The lowest BCUT2D eigenvalue weighted by Crippen LogP contribution is -2.11. The number of nitrogens with two attached hydrogens (primary N) is 1. The standard InChI is InChI=1S/C15H18N2O/c1-11-7-8-15(18-3)14(9-11)17(2)13-6-4-5-12(16)10-13/h4-10H,16H2,1-3H3. The highest BCUT2D eigenvalue weighted by Crippen LogP contribution is 2.33. The van der Waals surface area contributed by atoms with Gasteiger partial charge in [-0.15, -0.1) is 0 Å². The molecule has 0 saturated heterocycles. The zero-order valence-corrected chi connectivity index (χ0v) is 11.0. The maximum atomic E-state index is 5.82. The molecule has 0 unspecified atom stereocenters. The number of ether oxygens (including phenoxy) is 1. The van der Waals surface area contributed by atoms with Gasteiger partial charge in [0.25, 0.3) is 0 Å². The monoisotopic (exact) mass is 242 g/mol. The quantitative estimate of drug-likeness (QED) is 0.839. The van der Waals surface area contributed by atoms with Crippen LogP contribution in [0.5, 0.6) is 5.75 Å². The van der Waals surface area contributed by atoms with Crippen molar-refractivity contribution in [1.29, 1.82) is 0 Å². The number of rotatable bonds is 3. The van der Waals surface area contributed by atoms with Gasteiger partial charge < -0.3 is 15.4 Å². The summed E-state index contributed by atoms with van der Waals surface area (Å²) in [6.45, 7) is 2.07. The lowest BCUT2D eigenvalue weighted by Gasteiger charge is -2.22. The van der Waals surface area contributed by atoms with E-state index in [0.29, 0.717) is 0 Å². The number of aryl methyl sites for hydroxylation is 1. The number of benzene rings is 2. The SMILES string of the molecule is COc1ccc(C)cc1N(C)c1cccc(N)c1. The molecule has 0 spiro atoms. The normalized spacial score (nSPS) is 10.2. The molecule has 3 nitrogen and oxygen atoms in total. The van der Waals surface area contributed by atoms with Crippen molar-refractivity contribution < 1.29 is 4.74 Å². The van der Waals surface area contributed by atoms with Crippen molar-refractivity contribution in [3.8, 4) is 5.75 Å². The van der Waals surface area contributed by atoms with E-state index < -0.39 is 0 Å². The molecule has 0 aliphatic carbocycles. The van der Waals surface area contributed by atoms with Crippen LogP contribution in [0.3, 0.4) is 0 Å². The zero-order chi connectivity index (χ0) is 13.1. The molecule has 2 N–H and O–H groups in total. The van der Waals surface area contributed by atoms with E-state index in [-0.39, 0.29) is 0 Å². The van der Waals surface area contributed by atoms with Crippen LogP contribution in [0.15, 0.2) is 42.5 Å². The van der Waals surface area contributed by atoms with Gasteiger partial charge in [-0.3, -0.25) is 0 Å². The molecule has 0 heterocycles. The highest BCUT2D eigenvalue weighted by molar-refractivity contribution is 5.71. The minimum atomic E-state index is 0.756. The smallest absolute Gasteiger partial charge is 0.142 e. The third kappa shape index (κ3) is 2.40. The molecule has 94 valence electrons. The van der Waals surface area contributed by atoms with Crippen molar-refractivity contribution in [2.24, 2.45) is 0 Å². The van der Waals surface area contributed by atoms with E-state index in [1.54, 1.807) is 7.11 Å². The first-order valence-corrected chi connectivity index (χ1v) is 5.85. The van der Waals surface area contributed by atoms with Gasteiger partial charge in [-0.1, -0.05) is 12.1 Å². The summed E-state index contributed by atoms with van der Waals surface area (Å²) < 4.78 is 5.40. The molecule has 3 heteroatoms. The van der Waals surface area contributed by atoms with Crippen LogP contribution in [-0.2, 0) is 0 Å². The molecule has 2 rings (SSSR count). The number of hydrogen-bond acceptors (Lipinski definition) is 3. The Balaban J connectivity index is 2.44. The first-order chi connectivity index (χ1) is 8.61. The van der Waals surface area contributed by atoms with Gasteiger partial charge in [0.1, 0.15) is 5.75 Å². The molecule has 0 aliphatic rings. The van der Waals surface area contributed by atoms with E-state index in [1.165, 1.54) is 5.56 Å². The molecular formula is C15H18N2O. The van der Waals surface area contributed by atoms with E-state index >= 15 is 0 Å². The van der Waals surface area contributed by atoms with E-state index in [9.17, 15) is 0 Å². The van der Waals surface area contributed by atoms with Gasteiger partial charge in [-0.2, -0.15) is 0 Å². The number of nitrogens with zero attached hydrogens (tertiary/aromatic N) is 1. The van der Waals surface area contributed by atoms with Crippen LogP contribution in [-0.4, -0.2) is 14.2 Å². The number of methoxy groups -OCH3 is 1. The van der Waals surface area contributed by atoms with Crippen molar-refractivity contribution in [1.82, 2.24) is 0 Å². The third-order valence-corrected chi connectivity index (χ3v) is 2.95. The van der Waals surface area contributed by atoms with Crippen LogP contribution in [0.2, 0.25) is 0 Å². The maximum Gasteiger partial charge on any atom is 0.142 e. The van der Waals surface area contributed by atoms with E-state index in [0.717, 1.165) is 22.8 Å². The molecule has 0 aliphatic heterocycles. The summed E-state index contributed by atoms with van der Waals surface area (Å²) in [6, 6.07) is 13.9. The molecule has 0 radical (unpaired) electrons. The number of hydrogen-bond donors (Lipinski definition) is 1. The summed E-state index contributed by atoms with van der Waals surface area (Å²) in [5.74, 6) is 0.852. The van der Waals surface area contributed by atoms with E-state index in [4.69, 9.17) is 10.5 Å². The van der Waals surface area contributed by atoms with Gasteiger partial charge in [-0.05, 0) is 42.8 Å². The largest absolute Gasteiger partial charge is 0.495 e. The molecule has 2 aromatic rings. The molecule has 0 atom stereocenters. The average Bonchev–Trinajstić information content (AvgIpc) is 2.38. The van der Waals surface area contributed by atoms with Gasteiger partial charge in [0.05, 0.1) is 12.8 Å². The molecular weight excluding hydrogens is 224 g/mol. The first kappa shape index (κ1) is 12.3. The van der Waals surface area contributed by atoms with Crippen LogP contribution in [0.4, 0.5) is 17.1 Å². The molecule has 0 fully saturated rings. The summed E-state index contributed by atoms with van der Waals surface area (Å²) in [4.78, 5) is 2.07. The molecule has 0 aromatic heterocycles. The lowest BCUT2D eigenvalue weighted by molar-refractivity contribution is 0.415. The van der Waals surface area contributed by atoms with Gasteiger partial charge in [0.15, 0.2) is 0 Å². The predicted octanol–water partition coefficient (Wildman–Crippen LogP) is 3.35. The topological polar surface area (TPSA) is 38.5 Å². The molecule has 0 saturated carbocycles. The molecule has 0 bridgehead atoms. The van der Waals surface area contributed by atoms with Crippen LogP contribution < -0.4 is 15.4 Å². The Morgan fingerprint density at radius 2 is 1.89 bits per heavy atom. The zero-order valence-electron chi connectivity index (χ0n) is 11.0. The summed E-state index contributed by atoms with van der Waals surface area (Å²) >= 11 is 0. The van der Waals surface area contributed by atoms with Crippen LogP contribution in [0.25, 0.3) is 0 Å². The molecule has 2 aromatic carbocycles. The van der Waals surface area contributed by atoms with Crippen LogP contribution in [0.1, 0.15) is 5.56 Å². The fourth-order valence-electron chi connectivity index (χ4n) is 1.93. The van der Waals surface area contributed by atoms with Crippen molar-refractivity contribution in [2.75, 3.05) is 24.8 Å². The second-order valence-electron chi connectivity index (χ2n) is 4.33. The van der Waals surface area contributed by atoms with Crippen molar-refractivity contribution in [3.05, 3.63) is 48.0 Å². The molecule has 18 heavy (non-hydrogen) atoms. The van der Waals surface area contributed by atoms with Gasteiger partial charge in [0.2, 0.25) is 0 Å². The Morgan fingerprint density at radius 3 is 2.56 bits per heavy atom. The minimum Gasteiger partial charge on any atom is -0.495 e. The van der Waals surface area contributed by atoms with Crippen molar-refractivity contribution in [3.63, 3.8) is 0 Å².